The zero-order valence-corrected chi connectivity index (χ0v) is 26.2. The molecule has 4 aliphatic rings. The van der Waals surface area contributed by atoms with Crippen LogP contribution in [0.2, 0.25) is 0 Å². The van der Waals surface area contributed by atoms with Gasteiger partial charge in [-0.05, 0) is 64.5 Å². The van der Waals surface area contributed by atoms with Crippen molar-refractivity contribution < 1.29 is 28.5 Å². The summed E-state index contributed by atoms with van der Waals surface area (Å²) in [6.07, 6.45) is 8.16. The van der Waals surface area contributed by atoms with E-state index in [-0.39, 0.29) is 36.5 Å². The van der Waals surface area contributed by atoms with E-state index in [1.54, 1.807) is 4.90 Å². The Hall–Kier alpha value is -3.53. The fourth-order valence-corrected chi connectivity index (χ4v) is 6.76. The van der Waals surface area contributed by atoms with Crippen LogP contribution in [0.25, 0.3) is 0 Å². The van der Waals surface area contributed by atoms with E-state index in [0.29, 0.717) is 44.7 Å². The number of pyridine rings is 1. The lowest BCUT2D eigenvalue weighted by Gasteiger charge is -2.39. The maximum atomic E-state index is 12.8. The van der Waals surface area contributed by atoms with E-state index in [2.05, 4.69) is 22.0 Å². The lowest BCUT2D eigenvalue weighted by Crippen LogP contribution is -2.46. The van der Waals surface area contributed by atoms with Crippen molar-refractivity contribution in [2.24, 2.45) is 0 Å². The second kappa shape index (κ2) is 13.2. The minimum Gasteiger partial charge on any atom is -0.474 e. The summed E-state index contributed by atoms with van der Waals surface area (Å²) >= 11 is 0. The first-order valence-corrected chi connectivity index (χ1v) is 16.2. The Morgan fingerprint density at radius 3 is 2.32 bits per heavy atom. The molecule has 6 rings (SSSR count). The Labute approximate surface area is 260 Å². The first kappa shape index (κ1) is 30.5. The van der Waals surface area contributed by atoms with Crippen molar-refractivity contribution in [3.05, 3.63) is 54.2 Å². The van der Waals surface area contributed by atoms with Crippen LogP contribution in [0.5, 0.6) is 5.88 Å². The van der Waals surface area contributed by atoms with Crippen LogP contribution >= 0.6 is 0 Å². The summed E-state index contributed by atoms with van der Waals surface area (Å²) in [6.45, 7) is 8.70. The Kier molecular flexibility index (Phi) is 9.16. The number of hydrogen-bond donors (Lipinski definition) is 0. The monoisotopic (exact) mass is 606 g/mol. The van der Waals surface area contributed by atoms with Gasteiger partial charge in [0.2, 0.25) is 5.88 Å². The van der Waals surface area contributed by atoms with Gasteiger partial charge in [-0.2, -0.15) is 0 Å². The molecule has 0 spiro atoms. The molecular weight excluding hydrogens is 560 g/mol. The molecule has 10 nitrogen and oxygen atoms in total. The fourth-order valence-electron chi connectivity index (χ4n) is 6.76. The third-order valence-electron chi connectivity index (χ3n) is 9.08. The standard InChI is InChI=1S/C34H46N4O6/c1-34(2,3)44-33(40)37-16-12-25-9-10-27(22-37)38(25)26-11-15-35-31(19-26)43-30-20-29(21-30)42-28-13-17-36(18-14-28)32(39)41-23-24-7-5-4-6-8-24/h4-8,11,15,19,25,27-30H,9-10,12-14,16-18,20-23H2,1-3H3. The first-order valence-electron chi connectivity index (χ1n) is 16.2. The van der Waals surface area contributed by atoms with E-state index >= 15 is 0 Å². The molecule has 4 heterocycles. The van der Waals surface area contributed by atoms with Gasteiger partial charge in [-0.3, -0.25) is 0 Å². The number of ether oxygens (including phenoxy) is 4. The van der Waals surface area contributed by atoms with E-state index in [1.165, 1.54) is 0 Å². The lowest BCUT2D eigenvalue weighted by atomic mass is 9.91. The molecule has 1 aromatic heterocycles. The fraction of sp³-hybridized carbons (Fsp3) is 0.618. The molecule has 1 saturated carbocycles. The van der Waals surface area contributed by atoms with Crippen LogP contribution in [-0.4, -0.2) is 89.1 Å². The van der Waals surface area contributed by atoms with Crippen molar-refractivity contribution in [2.75, 3.05) is 31.1 Å². The Balaban J connectivity index is 0.934. The van der Waals surface area contributed by atoms with Gasteiger partial charge in [0.15, 0.2) is 0 Å². The molecule has 10 heteroatoms. The average Bonchev–Trinajstić information content (AvgIpc) is 3.28. The minimum absolute atomic E-state index is 0.0827. The van der Waals surface area contributed by atoms with Gasteiger partial charge in [0.05, 0.1) is 12.2 Å². The molecule has 2 bridgehead atoms. The highest BCUT2D eigenvalue weighted by molar-refractivity contribution is 5.69. The van der Waals surface area contributed by atoms with Gasteiger partial charge < -0.3 is 33.6 Å². The van der Waals surface area contributed by atoms with Gasteiger partial charge in [-0.1, -0.05) is 30.3 Å². The van der Waals surface area contributed by atoms with Crippen LogP contribution in [0.15, 0.2) is 48.7 Å². The number of amides is 2. The smallest absolute Gasteiger partial charge is 0.410 e. The summed E-state index contributed by atoms with van der Waals surface area (Å²) in [5.41, 5.74) is 1.60. The van der Waals surface area contributed by atoms with Gasteiger partial charge in [0, 0.05) is 69.1 Å². The van der Waals surface area contributed by atoms with Crippen LogP contribution in [0.3, 0.4) is 0 Å². The van der Waals surface area contributed by atoms with E-state index in [0.717, 1.165) is 56.2 Å². The Morgan fingerprint density at radius 2 is 1.57 bits per heavy atom. The van der Waals surface area contributed by atoms with E-state index < -0.39 is 5.60 Å². The number of fused-ring (bicyclic) bond motifs is 2. The number of likely N-dealkylation sites (tertiary alicyclic amines) is 2. The molecule has 2 atom stereocenters. The molecule has 4 fully saturated rings. The van der Waals surface area contributed by atoms with Crippen molar-refractivity contribution in [2.45, 2.75) is 108 Å². The molecule has 238 valence electrons. The quantitative estimate of drug-likeness (QED) is 0.391. The molecule has 2 amide bonds. The summed E-state index contributed by atoms with van der Waals surface area (Å²) < 4.78 is 23.8. The zero-order valence-electron chi connectivity index (χ0n) is 26.2. The predicted octanol–water partition coefficient (Wildman–Crippen LogP) is 5.79. The van der Waals surface area contributed by atoms with Crippen molar-refractivity contribution in [3.63, 3.8) is 0 Å². The van der Waals surface area contributed by atoms with Crippen molar-refractivity contribution in [3.8, 4) is 5.88 Å². The van der Waals surface area contributed by atoms with Gasteiger partial charge in [0.1, 0.15) is 18.3 Å². The molecule has 2 unspecified atom stereocenters. The SMILES string of the molecule is CC(C)(C)OC(=O)N1CCC2CCC(C1)N2c1ccnc(OC2CC(OC3CCN(C(=O)OCc4ccccc4)CC3)C2)c1. The number of benzene rings is 1. The molecule has 3 aliphatic heterocycles. The third kappa shape index (κ3) is 7.57. The highest BCUT2D eigenvalue weighted by Crippen LogP contribution is 2.37. The van der Waals surface area contributed by atoms with Crippen molar-refractivity contribution in [1.29, 1.82) is 0 Å². The summed E-state index contributed by atoms with van der Waals surface area (Å²) in [5.74, 6) is 0.640. The zero-order chi connectivity index (χ0) is 30.7. The number of rotatable bonds is 7. The molecular formula is C34H46N4O6. The normalized spacial score (nSPS) is 25.7. The van der Waals surface area contributed by atoms with Crippen LogP contribution in [0, 0.1) is 0 Å². The van der Waals surface area contributed by atoms with E-state index in [9.17, 15) is 9.59 Å². The maximum absolute atomic E-state index is 12.8. The highest BCUT2D eigenvalue weighted by atomic mass is 16.6. The topological polar surface area (TPSA) is 93.7 Å². The largest absolute Gasteiger partial charge is 0.474 e. The van der Waals surface area contributed by atoms with Crippen LogP contribution in [0.1, 0.15) is 71.3 Å². The van der Waals surface area contributed by atoms with Gasteiger partial charge in [-0.25, -0.2) is 14.6 Å². The second-order valence-electron chi connectivity index (χ2n) is 13.6. The Morgan fingerprint density at radius 1 is 0.841 bits per heavy atom. The summed E-state index contributed by atoms with van der Waals surface area (Å²) in [4.78, 5) is 35.9. The number of nitrogens with zero attached hydrogens (tertiary/aromatic N) is 4. The highest BCUT2D eigenvalue weighted by Gasteiger charge is 2.40. The van der Waals surface area contributed by atoms with Gasteiger partial charge in [-0.15, -0.1) is 0 Å². The van der Waals surface area contributed by atoms with Gasteiger partial charge >= 0.3 is 12.2 Å². The molecule has 3 saturated heterocycles. The minimum atomic E-state index is -0.499. The molecule has 0 N–H and O–H groups in total. The molecule has 44 heavy (non-hydrogen) atoms. The molecule has 1 aliphatic carbocycles. The summed E-state index contributed by atoms with van der Waals surface area (Å²) in [7, 11) is 0. The average molecular weight is 607 g/mol. The number of carbonyl (C=O) groups excluding carboxylic acids is 2. The molecule has 2 aromatic rings. The molecule has 0 radical (unpaired) electrons. The predicted molar refractivity (Wildman–Crippen MR) is 166 cm³/mol. The number of anilines is 1. The number of carbonyl (C=O) groups is 2. The Bertz CT molecular complexity index is 1270. The maximum Gasteiger partial charge on any atom is 0.410 e. The van der Waals surface area contributed by atoms with Crippen LogP contribution in [-0.2, 0) is 20.8 Å². The molecule has 1 aromatic carbocycles. The first-order chi connectivity index (χ1) is 21.2. The number of hydrogen-bond acceptors (Lipinski definition) is 8. The third-order valence-corrected chi connectivity index (χ3v) is 9.08. The van der Waals surface area contributed by atoms with Crippen molar-refractivity contribution in [1.82, 2.24) is 14.8 Å². The number of piperidine rings is 1. The van der Waals surface area contributed by atoms with E-state index in [1.807, 2.05) is 62.2 Å². The van der Waals surface area contributed by atoms with Crippen molar-refractivity contribution >= 4 is 17.9 Å². The van der Waals surface area contributed by atoms with Crippen LogP contribution < -0.4 is 9.64 Å². The second-order valence-corrected chi connectivity index (χ2v) is 13.6. The lowest BCUT2D eigenvalue weighted by molar-refractivity contribution is -0.109. The van der Waals surface area contributed by atoms with Gasteiger partial charge in [0.25, 0.3) is 0 Å². The number of aromatic nitrogens is 1. The van der Waals surface area contributed by atoms with Crippen LogP contribution in [0.4, 0.5) is 15.3 Å². The van der Waals surface area contributed by atoms with E-state index in [4.69, 9.17) is 18.9 Å². The summed E-state index contributed by atoms with van der Waals surface area (Å²) in [6, 6.07) is 14.5. The summed E-state index contributed by atoms with van der Waals surface area (Å²) in [5, 5.41) is 0.